The lowest BCUT2D eigenvalue weighted by Gasteiger charge is -2.07. The second kappa shape index (κ2) is 13.1. The molecule has 0 unspecified atom stereocenters. The van der Waals surface area contributed by atoms with E-state index >= 15 is 0 Å². The third kappa shape index (κ3) is 14.4. The molecule has 0 spiro atoms. The van der Waals surface area contributed by atoms with E-state index in [0.29, 0.717) is 0 Å². The number of nitrogens with two attached hydrogens (primary N) is 2. The van der Waals surface area contributed by atoms with E-state index in [2.05, 4.69) is 10.6 Å². The van der Waals surface area contributed by atoms with Gasteiger partial charge in [0.15, 0.2) is 0 Å². The maximum absolute atomic E-state index is 11.4. The van der Waals surface area contributed by atoms with E-state index in [4.69, 9.17) is 20.9 Å². The van der Waals surface area contributed by atoms with Crippen molar-refractivity contribution < 1.29 is 38.2 Å². The lowest BCUT2D eigenvalue weighted by atomic mass is 10.3. The standard InChI is InChI=1S/C14H22N4O8/c15-9(19)1-3-13(23)25-5-6-26-14(24)4-2-11(21)18-8-12(22)17-7-10(16)20/h1-8H2,(H2,15,19)(H2,16,20)(H,17,22)(H,18,21). The number of primary amides is 2. The molecule has 0 saturated carbocycles. The predicted octanol–water partition coefficient (Wildman–Crippen LogP) is -3.16. The molecule has 0 atom stereocenters. The third-order valence-electron chi connectivity index (χ3n) is 2.65. The van der Waals surface area contributed by atoms with Gasteiger partial charge in [-0.1, -0.05) is 0 Å². The van der Waals surface area contributed by atoms with Crippen molar-refractivity contribution in [1.29, 1.82) is 0 Å². The summed E-state index contributed by atoms with van der Waals surface area (Å²) in [4.78, 5) is 66.1. The zero-order valence-corrected chi connectivity index (χ0v) is 14.1. The van der Waals surface area contributed by atoms with Crippen LogP contribution in [0, 0.1) is 0 Å². The lowest BCUT2D eigenvalue weighted by Crippen LogP contribution is -2.40. The molecule has 6 N–H and O–H groups in total. The summed E-state index contributed by atoms with van der Waals surface area (Å²) in [6.07, 6.45) is -0.727. The minimum atomic E-state index is -0.717. The minimum Gasteiger partial charge on any atom is -0.462 e. The molecule has 0 aromatic heterocycles. The van der Waals surface area contributed by atoms with Crippen LogP contribution in [0.4, 0.5) is 0 Å². The quantitative estimate of drug-likeness (QED) is 0.191. The maximum atomic E-state index is 11.4. The molecule has 12 heteroatoms. The van der Waals surface area contributed by atoms with Gasteiger partial charge in [0.2, 0.25) is 23.6 Å². The zero-order chi connectivity index (χ0) is 19.9. The van der Waals surface area contributed by atoms with Gasteiger partial charge >= 0.3 is 11.9 Å². The molecule has 0 bridgehead atoms. The number of carbonyl (C=O) groups is 6. The van der Waals surface area contributed by atoms with Crippen molar-refractivity contribution in [2.24, 2.45) is 11.5 Å². The molecule has 0 aromatic carbocycles. The van der Waals surface area contributed by atoms with E-state index in [0.717, 1.165) is 0 Å². The Hall–Kier alpha value is -3.18. The minimum absolute atomic E-state index is 0.131. The fourth-order valence-electron chi connectivity index (χ4n) is 1.41. The highest BCUT2D eigenvalue weighted by Crippen LogP contribution is 1.95. The molecule has 0 heterocycles. The van der Waals surface area contributed by atoms with Gasteiger partial charge in [0, 0.05) is 12.8 Å². The molecule has 0 fully saturated rings. The van der Waals surface area contributed by atoms with Crippen molar-refractivity contribution in [3.63, 3.8) is 0 Å². The number of amides is 4. The highest BCUT2D eigenvalue weighted by atomic mass is 16.6. The second-order valence-electron chi connectivity index (χ2n) is 4.93. The molecule has 0 saturated heterocycles. The first-order chi connectivity index (χ1) is 12.2. The predicted molar refractivity (Wildman–Crippen MR) is 84.8 cm³/mol. The summed E-state index contributed by atoms with van der Waals surface area (Å²) in [5.74, 6) is -3.84. The van der Waals surface area contributed by atoms with Crippen LogP contribution < -0.4 is 22.1 Å². The summed E-state index contributed by atoms with van der Waals surface area (Å²) in [5.41, 5.74) is 9.70. The topological polar surface area (TPSA) is 197 Å². The van der Waals surface area contributed by atoms with E-state index in [1.807, 2.05) is 0 Å². The molecule has 4 amide bonds. The molecule has 0 aliphatic carbocycles. The molecule has 0 radical (unpaired) electrons. The Morgan fingerprint density at radius 3 is 1.62 bits per heavy atom. The van der Waals surface area contributed by atoms with E-state index in [-0.39, 0.29) is 52.0 Å². The van der Waals surface area contributed by atoms with Crippen molar-refractivity contribution in [2.45, 2.75) is 25.7 Å². The molecular formula is C14H22N4O8. The van der Waals surface area contributed by atoms with E-state index in [1.165, 1.54) is 0 Å². The highest BCUT2D eigenvalue weighted by molar-refractivity contribution is 5.88. The van der Waals surface area contributed by atoms with Crippen LogP contribution in [0.15, 0.2) is 0 Å². The fraction of sp³-hybridized carbons (Fsp3) is 0.571. The molecule has 0 aromatic rings. The van der Waals surface area contributed by atoms with Gasteiger partial charge in [0.1, 0.15) is 13.2 Å². The monoisotopic (exact) mass is 374 g/mol. The molecule has 0 aliphatic heterocycles. The van der Waals surface area contributed by atoms with Gasteiger partial charge in [-0.15, -0.1) is 0 Å². The van der Waals surface area contributed by atoms with Gasteiger partial charge in [-0.25, -0.2) is 0 Å². The molecular weight excluding hydrogens is 352 g/mol. The van der Waals surface area contributed by atoms with Gasteiger partial charge in [-0.05, 0) is 0 Å². The highest BCUT2D eigenvalue weighted by Gasteiger charge is 2.10. The van der Waals surface area contributed by atoms with E-state index in [9.17, 15) is 28.8 Å². The number of rotatable bonds is 13. The Kier molecular flexibility index (Phi) is 11.5. The molecule has 12 nitrogen and oxygen atoms in total. The normalized spacial score (nSPS) is 9.69. The number of hydrogen-bond acceptors (Lipinski definition) is 8. The summed E-state index contributed by atoms with van der Waals surface area (Å²) in [6.45, 7) is -1.08. The van der Waals surface area contributed by atoms with Crippen LogP contribution in [0.1, 0.15) is 25.7 Å². The largest absolute Gasteiger partial charge is 0.462 e. The first kappa shape index (κ1) is 22.8. The molecule has 0 aliphatic rings. The maximum Gasteiger partial charge on any atom is 0.306 e. The van der Waals surface area contributed by atoms with Crippen molar-refractivity contribution in [3.05, 3.63) is 0 Å². The molecule has 26 heavy (non-hydrogen) atoms. The average molecular weight is 374 g/mol. The number of ether oxygens (including phenoxy) is 2. The molecule has 146 valence electrons. The molecule has 0 rings (SSSR count). The number of carbonyl (C=O) groups excluding carboxylic acids is 6. The zero-order valence-electron chi connectivity index (χ0n) is 14.1. The SMILES string of the molecule is NC(=O)CCC(=O)OCCOC(=O)CCC(=O)NCC(=O)NCC(N)=O. The van der Waals surface area contributed by atoms with Crippen molar-refractivity contribution in [1.82, 2.24) is 10.6 Å². The van der Waals surface area contributed by atoms with Crippen LogP contribution in [-0.4, -0.2) is 61.9 Å². The van der Waals surface area contributed by atoms with Crippen LogP contribution in [0.3, 0.4) is 0 Å². The van der Waals surface area contributed by atoms with Gasteiger partial charge in [-0.2, -0.15) is 0 Å². The summed E-state index contributed by atoms with van der Waals surface area (Å²) in [6, 6.07) is 0. The Labute approximate surface area is 148 Å². The van der Waals surface area contributed by atoms with Crippen molar-refractivity contribution >= 4 is 35.6 Å². The van der Waals surface area contributed by atoms with E-state index in [1.54, 1.807) is 0 Å². The summed E-state index contributed by atoms with van der Waals surface area (Å²) in [7, 11) is 0. The van der Waals surface area contributed by atoms with Crippen molar-refractivity contribution in [2.75, 3.05) is 26.3 Å². The Morgan fingerprint density at radius 2 is 1.12 bits per heavy atom. The summed E-state index contributed by atoms with van der Waals surface area (Å²) < 4.78 is 9.43. The van der Waals surface area contributed by atoms with Crippen LogP contribution in [-0.2, 0) is 38.2 Å². The van der Waals surface area contributed by atoms with Crippen molar-refractivity contribution in [3.8, 4) is 0 Å². The summed E-state index contributed by atoms with van der Waals surface area (Å²) in [5, 5.41) is 4.42. The Bertz CT molecular complexity index is 549. The van der Waals surface area contributed by atoms with Gasteiger partial charge < -0.3 is 31.6 Å². The van der Waals surface area contributed by atoms with Gasteiger partial charge in [0.25, 0.3) is 0 Å². The number of esters is 2. The third-order valence-corrected chi connectivity index (χ3v) is 2.65. The van der Waals surface area contributed by atoms with Crippen LogP contribution >= 0.6 is 0 Å². The average Bonchev–Trinajstić information content (AvgIpc) is 2.58. The number of nitrogens with one attached hydrogen (secondary N) is 2. The number of hydrogen-bond donors (Lipinski definition) is 4. The van der Waals surface area contributed by atoms with Gasteiger partial charge in [-0.3, -0.25) is 28.8 Å². The lowest BCUT2D eigenvalue weighted by molar-refractivity contribution is -0.152. The summed E-state index contributed by atoms with van der Waals surface area (Å²) >= 11 is 0. The Morgan fingerprint density at radius 1 is 0.615 bits per heavy atom. The van der Waals surface area contributed by atoms with Crippen LogP contribution in [0.25, 0.3) is 0 Å². The fourth-order valence-corrected chi connectivity index (χ4v) is 1.41. The van der Waals surface area contributed by atoms with E-state index < -0.39 is 35.6 Å². The first-order valence-electron chi connectivity index (χ1n) is 7.62. The van der Waals surface area contributed by atoms with Crippen LogP contribution in [0.5, 0.6) is 0 Å². The first-order valence-corrected chi connectivity index (χ1v) is 7.62. The second-order valence-corrected chi connectivity index (χ2v) is 4.93. The smallest absolute Gasteiger partial charge is 0.306 e. The Balaban J connectivity index is 3.70. The van der Waals surface area contributed by atoms with Gasteiger partial charge in [0.05, 0.1) is 25.9 Å². The van der Waals surface area contributed by atoms with Crippen LogP contribution in [0.2, 0.25) is 0 Å².